The summed E-state index contributed by atoms with van der Waals surface area (Å²) in [6.45, 7) is 3.79. The fourth-order valence-corrected chi connectivity index (χ4v) is 5.01. The van der Waals surface area contributed by atoms with Crippen LogP contribution in [0.3, 0.4) is 0 Å². The van der Waals surface area contributed by atoms with Crippen LogP contribution in [0.1, 0.15) is 61.8 Å². The lowest BCUT2D eigenvalue weighted by atomic mass is 10.1. The van der Waals surface area contributed by atoms with Crippen LogP contribution < -0.4 is 10.6 Å². The summed E-state index contributed by atoms with van der Waals surface area (Å²) in [7, 11) is 1.35. The molecule has 0 unspecified atom stereocenters. The van der Waals surface area contributed by atoms with Crippen LogP contribution >= 0.6 is 23.6 Å². The third-order valence-electron chi connectivity index (χ3n) is 4.75. The van der Waals surface area contributed by atoms with E-state index in [1.54, 1.807) is 13.8 Å². The first kappa shape index (κ1) is 23.7. The molecular weight excluding hydrogens is 452 g/mol. The van der Waals surface area contributed by atoms with E-state index in [4.69, 9.17) is 26.4 Å². The lowest BCUT2D eigenvalue weighted by Gasteiger charge is -2.13. The molecule has 1 aliphatic rings. The Balaban J connectivity index is 1.85. The minimum atomic E-state index is -0.566. The average molecular weight is 477 g/mol. The Kier molecular flexibility index (Phi) is 7.81. The number of hydrogen-bond donors (Lipinski definition) is 2. The molecule has 3 rings (SSSR count). The summed E-state index contributed by atoms with van der Waals surface area (Å²) in [5.74, 6) is -1.55. The van der Waals surface area contributed by atoms with Crippen molar-refractivity contribution in [2.24, 2.45) is 0 Å². The molecule has 1 aromatic carbocycles. The van der Waals surface area contributed by atoms with Gasteiger partial charge in [-0.1, -0.05) is 0 Å². The monoisotopic (exact) mass is 476 g/mol. The van der Waals surface area contributed by atoms with Crippen LogP contribution in [0.4, 0.5) is 10.7 Å². The van der Waals surface area contributed by atoms with Gasteiger partial charge in [0.15, 0.2) is 5.11 Å². The van der Waals surface area contributed by atoms with Crippen molar-refractivity contribution in [3.05, 3.63) is 45.3 Å². The molecule has 8 nitrogen and oxygen atoms in total. The molecule has 0 aliphatic heterocycles. The first-order valence-corrected chi connectivity index (χ1v) is 11.4. The predicted octanol–water partition coefficient (Wildman–Crippen LogP) is 4.19. The molecule has 0 fully saturated rings. The number of thiocarbonyl (C=S) groups is 1. The molecule has 0 radical (unpaired) electrons. The van der Waals surface area contributed by atoms with Crippen LogP contribution in [0.15, 0.2) is 18.2 Å². The Morgan fingerprint density at radius 3 is 2.16 bits per heavy atom. The fraction of sp³-hybridized carbons (Fsp3) is 0.364. The second-order valence-corrected chi connectivity index (χ2v) is 8.39. The van der Waals surface area contributed by atoms with E-state index < -0.39 is 17.9 Å². The summed E-state index contributed by atoms with van der Waals surface area (Å²) in [6, 6.07) is 4.48. The van der Waals surface area contributed by atoms with Crippen molar-refractivity contribution >= 4 is 57.3 Å². The minimum Gasteiger partial charge on any atom is -0.465 e. The first-order chi connectivity index (χ1) is 15.4. The van der Waals surface area contributed by atoms with Crippen LogP contribution in [0, 0.1) is 0 Å². The van der Waals surface area contributed by atoms with E-state index in [2.05, 4.69) is 10.6 Å². The van der Waals surface area contributed by atoms with E-state index in [9.17, 15) is 14.4 Å². The molecular formula is C22H24N2O6S2. The van der Waals surface area contributed by atoms with Crippen molar-refractivity contribution in [2.45, 2.75) is 33.1 Å². The second kappa shape index (κ2) is 10.6. The number of fused-ring (bicyclic) bond motifs is 1. The van der Waals surface area contributed by atoms with Gasteiger partial charge in [-0.05, 0) is 69.1 Å². The summed E-state index contributed by atoms with van der Waals surface area (Å²) in [6.07, 6.45) is 2.74. The number of nitrogens with one attached hydrogen (secondary N) is 2. The SMILES string of the molecule is CCOC(=O)c1cc(NC(=S)Nc2sc3c(c2C(=O)OC)CCC3)cc(C(=O)OCC)c1. The molecule has 0 amide bonds. The van der Waals surface area contributed by atoms with E-state index in [0.717, 1.165) is 29.7 Å². The molecule has 0 spiro atoms. The molecule has 10 heteroatoms. The number of esters is 3. The summed E-state index contributed by atoms with van der Waals surface area (Å²) < 4.78 is 15.1. The van der Waals surface area contributed by atoms with Crippen LogP contribution in [0.25, 0.3) is 0 Å². The van der Waals surface area contributed by atoms with E-state index in [-0.39, 0.29) is 29.5 Å². The van der Waals surface area contributed by atoms with E-state index in [0.29, 0.717) is 16.3 Å². The van der Waals surface area contributed by atoms with Gasteiger partial charge >= 0.3 is 17.9 Å². The van der Waals surface area contributed by atoms with Gasteiger partial charge < -0.3 is 24.8 Å². The molecule has 170 valence electrons. The van der Waals surface area contributed by atoms with Gasteiger partial charge in [0.2, 0.25) is 0 Å². The smallest absolute Gasteiger partial charge is 0.341 e. The number of hydrogen-bond acceptors (Lipinski definition) is 8. The maximum absolute atomic E-state index is 12.3. The number of thiophene rings is 1. The molecule has 0 bridgehead atoms. The van der Waals surface area contributed by atoms with Crippen LogP contribution in [0.2, 0.25) is 0 Å². The summed E-state index contributed by atoms with van der Waals surface area (Å²) in [4.78, 5) is 38.0. The summed E-state index contributed by atoms with van der Waals surface area (Å²) in [5, 5.41) is 6.83. The van der Waals surface area contributed by atoms with Gasteiger partial charge in [-0.2, -0.15) is 0 Å². The Labute approximate surface area is 195 Å². The van der Waals surface area contributed by atoms with Crippen molar-refractivity contribution in [2.75, 3.05) is 31.0 Å². The van der Waals surface area contributed by atoms with Crippen molar-refractivity contribution in [1.29, 1.82) is 0 Å². The van der Waals surface area contributed by atoms with Gasteiger partial charge in [-0.3, -0.25) is 0 Å². The largest absolute Gasteiger partial charge is 0.465 e. The highest BCUT2D eigenvalue weighted by atomic mass is 32.1. The Hall–Kier alpha value is -2.98. The Morgan fingerprint density at radius 2 is 1.59 bits per heavy atom. The number of benzene rings is 1. The number of rotatable bonds is 7. The Bertz CT molecular complexity index is 1030. The summed E-state index contributed by atoms with van der Waals surface area (Å²) in [5.41, 5.74) is 2.28. The van der Waals surface area contributed by atoms with Gasteiger partial charge in [0.1, 0.15) is 5.00 Å². The number of anilines is 2. The number of carbonyl (C=O) groups excluding carboxylic acids is 3. The zero-order valence-corrected chi connectivity index (χ0v) is 19.7. The number of methoxy groups -OCH3 is 1. The number of ether oxygens (including phenoxy) is 3. The summed E-state index contributed by atoms with van der Waals surface area (Å²) >= 11 is 6.90. The van der Waals surface area contributed by atoms with Crippen LogP contribution in [-0.2, 0) is 27.1 Å². The average Bonchev–Trinajstić information content (AvgIpc) is 3.34. The molecule has 0 atom stereocenters. The zero-order valence-electron chi connectivity index (χ0n) is 18.0. The zero-order chi connectivity index (χ0) is 23.3. The molecule has 1 aromatic heterocycles. The highest BCUT2D eigenvalue weighted by molar-refractivity contribution is 7.80. The van der Waals surface area contributed by atoms with Gasteiger partial charge in [-0.25, -0.2) is 14.4 Å². The molecule has 0 saturated carbocycles. The van der Waals surface area contributed by atoms with Gasteiger partial charge in [0.05, 0.1) is 37.0 Å². The van der Waals surface area contributed by atoms with E-state index >= 15 is 0 Å². The van der Waals surface area contributed by atoms with Crippen LogP contribution in [-0.4, -0.2) is 43.3 Å². The quantitative estimate of drug-likeness (QED) is 0.346. The molecule has 1 aliphatic carbocycles. The van der Waals surface area contributed by atoms with E-state index in [1.807, 2.05) is 0 Å². The lowest BCUT2D eigenvalue weighted by Crippen LogP contribution is -2.21. The second-order valence-electron chi connectivity index (χ2n) is 6.87. The fourth-order valence-electron chi connectivity index (χ4n) is 3.44. The lowest BCUT2D eigenvalue weighted by molar-refractivity contribution is 0.0523. The maximum atomic E-state index is 12.3. The van der Waals surface area contributed by atoms with Gasteiger partial charge in [0, 0.05) is 10.6 Å². The van der Waals surface area contributed by atoms with Crippen molar-refractivity contribution in [1.82, 2.24) is 0 Å². The minimum absolute atomic E-state index is 0.188. The molecule has 0 saturated heterocycles. The normalized spacial score (nSPS) is 12.0. The third-order valence-corrected chi connectivity index (χ3v) is 6.16. The molecule has 2 N–H and O–H groups in total. The van der Waals surface area contributed by atoms with Gasteiger partial charge in [0.25, 0.3) is 0 Å². The topological polar surface area (TPSA) is 103 Å². The van der Waals surface area contributed by atoms with Crippen molar-refractivity contribution in [3.8, 4) is 0 Å². The van der Waals surface area contributed by atoms with Crippen molar-refractivity contribution in [3.63, 3.8) is 0 Å². The molecule has 32 heavy (non-hydrogen) atoms. The first-order valence-electron chi connectivity index (χ1n) is 10.2. The molecule has 1 heterocycles. The molecule has 2 aromatic rings. The highest BCUT2D eigenvalue weighted by Crippen LogP contribution is 2.39. The third kappa shape index (κ3) is 5.25. The van der Waals surface area contributed by atoms with Gasteiger partial charge in [-0.15, -0.1) is 11.3 Å². The van der Waals surface area contributed by atoms with Crippen LogP contribution in [0.5, 0.6) is 0 Å². The predicted molar refractivity (Wildman–Crippen MR) is 126 cm³/mol. The number of aryl methyl sites for hydroxylation is 1. The maximum Gasteiger partial charge on any atom is 0.341 e. The number of carbonyl (C=O) groups is 3. The Morgan fingerprint density at radius 1 is 0.969 bits per heavy atom. The highest BCUT2D eigenvalue weighted by Gasteiger charge is 2.27. The standard InChI is InChI=1S/C22H24N2O6S2/c1-4-29-19(25)12-9-13(20(26)30-5-2)11-14(10-12)23-22(31)24-18-17(21(27)28-3)15-7-6-8-16(15)32-18/h9-11H,4-8H2,1-3H3,(H2,23,24,31). The van der Waals surface area contributed by atoms with E-state index in [1.165, 1.54) is 36.6 Å². The van der Waals surface area contributed by atoms with Crippen molar-refractivity contribution < 1.29 is 28.6 Å².